The first-order chi connectivity index (χ1) is 4.46. The van der Waals surface area contributed by atoms with Crippen molar-refractivity contribution in [2.75, 3.05) is 0 Å². The van der Waals surface area contributed by atoms with Gasteiger partial charge in [-0.05, 0) is 6.08 Å². The second-order valence-electron chi connectivity index (χ2n) is 1.98. The number of halogens is 5. The summed E-state index contributed by atoms with van der Waals surface area (Å²) in [6.45, 7) is 0. The third kappa shape index (κ3) is 0.803. The Hall–Kier alpha value is -0.610. The van der Waals surface area contributed by atoms with E-state index in [4.69, 9.17) is 0 Å². The van der Waals surface area contributed by atoms with Gasteiger partial charge in [-0.25, -0.2) is 13.2 Å². The van der Waals surface area contributed by atoms with Crippen LogP contribution in [0.5, 0.6) is 0 Å². The minimum Gasteiger partial charge on any atom is -0.239 e. The van der Waals surface area contributed by atoms with E-state index in [0.717, 1.165) is 0 Å². The Bertz CT molecular complexity index is 173. The molecule has 0 aromatic heterocycles. The first-order valence-corrected chi connectivity index (χ1v) is 2.50. The Labute approximate surface area is 53.3 Å². The smallest absolute Gasteiger partial charge is 0.239 e. The quantitative estimate of drug-likeness (QED) is 0.474. The van der Waals surface area contributed by atoms with E-state index in [1.807, 2.05) is 0 Å². The summed E-state index contributed by atoms with van der Waals surface area (Å²) in [6.07, 6.45) is -5.63. The molecule has 2 atom stereocenters. The molecule has 0 N–H and O–H groups in total. The van der Waals surface area contributed by atoms with Gasteiger partial charge in [0.25, 0.3) is 0 Å². The molecule has 0 amide bonds. The van der Waals surface area contributed by atoms with Crippen molar-refractivity contribution in [3.8, 4) is 0 Å². The lowest BCUT2D eigenvalue weighted by Crippen LogP contribution is -2.30. The lowest BCUT2D eigenvalue weighted by Gasteiger charge is -2.11. The number of allylic oxidation sites excluding steroid dienone is 2. The van der Waals surface area contributed by atoms with Gasteiger partial charge in [-0.2, -0.15) is 8.78 Å². The maximum atomic E-state index is 11.9. The van der Waals surface area contributed by atoms with Crippen LogP contribution in [0.15, 0.2) is 11.9 Å². The number of hydrogen-bond acceptors (Lipinski definition) is 0. The maximum absolute atomic E-state index is 11.9. The molecule has 0 bridgehead atoms. The van der Waals surface area contributed by atoms with Crippen molar-refractivity contribution >= 4 is 0 Å². The van der Waals surface area contributed by atoms with Gasteiger partial charge >= 0.3 is 5.92 Å². The number of hydrogen-bond donors (Lipinski definition) is 0. The first kappa shape index (κ1) is 7.50. The summed E-state index contributed by atoms with van der Waals surface area (Å²) in [4.78, 5) is 0. The van der Waals surface area contributed by atoms with Gasteiger partial charge in [-0.3, -0.25) is 0 Å². The van der Waals surface area contributed by atoms with E-state index >= 15 is 0 Å². The average Bonchev–Trinajstić information content (AvgIpc) is 1.97. The van der Waals surface area contributed by atoms with Gasteiger partial charge in [0.15, 0.2) is 12.0 Å². The van der Waals surface area contributed by atoms with Crippen LogP contribution in [0.25, 0.3) is 0 Å². The SMILES string of the molecule is FC1=CC(F)C(F)C1(F)F. The second-order valence-corrected chi connectivity index (χ2v) is 1.98. The van der Waals surface area contributed by atoms with Gasteiger partial charge in [-0.15, -0.1) is 0 Å². The van der Waals surface area contributed by atoms with E-state index in [1.165, 1.54) is 0 Å². The summed E-state index contributed by atoms with van der Waals surface area (Å²) in [6, 6.07) is 0. The van der Waals surface area contributed by atoms with Crippen LogP contribution < -0.4 is 0 Å². The molecule has 1 aliphatic rings. The zero-order valence-corrected chi connectivity index (χ0v) is 4.62. The molecule has 0 fully saturated rings. The lowest BCUT2D eigenvalue weighted by molar-refractivity contribution is -0.0585. The molecule has 0 aliphatic heterocycles. The monoisotopic (exact) mass is 158 g/mol. The normalized spacial score (nSPS) is 37.9. The first-order valence-electron chi connectivity index (χ1n) is 2.50. The zero-order chi connectivity index (χ0) is 7.94. The van der Waals surface area contributed by atoms with Gasteiger partial charge in [0.1, 0.15) is 0 Å². The van der Waals surface area contributed by atoms with Crippen molar-refractivity contribution in [1.82, 2.24) is 0 Å². The summed E-state index contributed by atoms with van der Waals surface area (Å²) in [5.74, 6) is -6.29. The minimum atomic E-state index is -4.26. The van der Waals surface area contributed by atoms with Crippen molar-refractivity contribution in [1.29, 1.82) is 0 Å². The third-order valence-electron chi connectivity index (χ3n) is 1.25. The minimum absolute atomic E-state index is 0.0509. The fourth-order valence-electron chi connectivity index (χ4n) is 0.667. The number of rotatable bonds is 0. The van der Waals surface area contributed by atoms with E-state index in [2.05, 4.69) is 0 Å². The highest BCUT2D eigenvalue weighted by Gasteiger charge is 2.54. The van der Waals surface area contributed by atoms with Crippen molar-refractivity contribution in [3.05, 3.63) is 11.9 Å². The second kappa shape index (κ2) is 1.93. The molecule has 0 nitrogen and oxygen atoms in total. The molecule has 1 aliphatic carbocycles. The van der Waals surface area contributed by atoms with Crippen LogP contribution in [0.3, 0.4) is 0 Å². The molecule has 10 heavy (non-hydrogen) atoms. The van der Waals surface area contributed by atoms with Gasteiger partial charge in [-0.1, -0.05) is 0 Å². The fraction of sp³-hybridized carbons (Fsp3) is 0.600. The summed E-state index contributed by atoms with van der Waals surface area (Å²) in [5.41, 5.74) is 0. The molecular weight excluding hydrogens is 155 g/mol. The molecule has 1 rings (SSSR count). The summed E-state index contributed by atoms with van der Waals surface area (Å²) in [5, 5.41) is 0. The standard InChI is InChI=1S/C5H3F5/c6-2-1-3(7)5(9,10)4(2)8/h1-2,4H. The van der Waals surface area contributed by atoms with E-state index < -0.39 is 24.1 Å². The Morgan fingerprint density at radius 2 is 1.80 bits per heavy atom. The van der Waals surface area contributed by atoms with Gasteiger partial charge < -0.3 is 0 Å². The van der Waals surface area contributed by atoms with Crippen LogP contribution in [0.2, 0.25) is 0 Å². The van der Waals surface area contributed by atoms with Gasteiger partial charge in [0.05, 0.1) is 0 Å². The van der Waals surface area contributed by atoms with Crippen LogP contribution >= 0.6 is 0 Å². The average molecular weight is 158 g/mol. The van der Waals surface area contributed by atoms with E-state index in [-0.39, 0.29) is 6.08 Å². The predicted octanol–water partition coefficient (Wildman–Crippen LogP) is 2.16. The Morgan fingerprint density at radius 3 is 1.90 bits per heavy atom. The molecule has 0 aromatic carbocycles. The van der Waals surface area contributed by atoms with Crippen LogP contribution in [-0.4, -0.2) is 18.3 Å². The molecule has 0 radical (unpaired) electrons. The summed E-state index contributed by atoms with van der Waals surface area (Å²) in [7, 11) is 0. The highest BCUT2D eigenvalue weighted by molar-refractivity contribution is 5.20. The maximum Gasteiger partial charge on any atom is 0.332 e. The topological polar surface area (TPSA) is 0 Å². The Morgan fingerprint density at radius 1 is 1.30 bits per heavy atom. The highest BCUT2D eigenvalue weighted by Crippen LogP contribution is 2.40. The highest BCUT2D eigenvalue weighted by atomic mass is 19.3. The van der Waals surface area contributed by atoms with E-state index in [0.29, 0.717) is 0 Å². The van der Waals surface area contributed by atoms with Crippen molar-refractivity contribution < 1.29 is 22.0 Å². The van der Waals surface area contributed by atoms with Crippen molar-refractivity contribution in [2.45, 2.75) is 18.3 Å². The lowest BCUT2D eigenvalue weighted by atomic mass is 10.2. The molecule has 0 spiro atoms. The predicted molar refractivity (Wildman–Crippen MR) is 23.9 cm³/mol. The van der Waals surface area contributed by atoms with Crippen LogP contribution in [0.4, 0.5) is 22.0 Å². The van der Waals surface area contributed by atoms with Gasteiger partial charge in [0.2, 0.25) is 6.17 Å². The Kier molecular flexibility index (Phi) is 1.45. The van der Waals surface area contributed by atoms with Crippen LogP contribution in [0, 0.1) is 0 Å². The Balaban J connectivity index is 2.89. The molecule has 2 unspecified atom stereocenters. The summed E-state index contributed by atoms with van der Waals surface area (Å²) >= 11 is 0. The number of alkyl halides is 4. The molecule has 5 heteroatoms. The third-order valence-corrected chi connectivity index (χ3v) is 1.25. The van der Waals surface area contributed by atoms with Crippen molar-refractivity contribution in [3.63, 3.8) is 0 Å². The van der Waals surface area contributed by atoms with Gasteiger partial charge in [0, 0.05) is 0 Å². The fourth-order valence-corrected chi connectivity index (χ4v) is 0.667. The van der Waals surface area contributed by atoms with Crippen LogP contribution in [-0.2, 0) is 0 Å². The molecule has 58 valence electrons. The molecule has 0 saturated heterocycles. The van der Waals surface area contributed by atoms with E-state index in [9.17, 15) is 22.0 Å². The largest absolute Gasteiger partial charge is 0.332 e. The molecule has 0 saturated carbocycles. The van der Waals surface area contributed by atoms with Crippen LogP contribution in [0.1, 0.15) is 0 Å². The zero-order valence-electron chi connectivity index (χ0n) is 4.62. The molecular formula is C5H3F5. The van der Waals surface area contributed by atoms with E-state index in [1.54, 1.807) is 0 Å². The summed E-state index contributed by atoms with van der Waals surface area (Å²) < 4.78 is 59.5. The van der Waals surface area contributed by atoms with Crippen molar-refractivity contribution in [2.24, 2.45) is 0 Å². The molecule has 0 heterocycles. The molecule has 0 aromatic rings.